The molecule has 0 aromatic rings. The van der Waals surface area contributed by atoms with E-state index in [0.717, 1.165) is 0 Å². The van der Waals surface area contributed by atoms with E-state index < -0.39 is 17.7 Å². The van der Waals surface area contributed by atoms with Crippen LogP contribution < -0.4 is 5.32 Å². The van der Waals surface area contributed by atoms with Gasteiger partial charge in [-0.25, -0.2) is 0 Å². The van der Waals surface area contributed by atoms with Crippen LogP contribution in [0.25, 0.3) is 0 Å². The van der Waals surface area contributed by atoms with Gasteiger partial charge in [0.15, 0.2) is 5.78 Å². The number of ketones is 2. The molecular formula is C17H19NO4. The number of allylic oxidation sites excluding steroid dienone is 6. The Balaban J connectivity index is 2.36. The third-order valence-corrected chi connectivity index (χ3v) is 4.09. The SMILES string of the molecule is C\C=C/C=C1/C(=O)C(C2CCC(=O)NC2=O)C(=O)C/C1=C/C. The van der Waals surface area contributed by atoms with Crippen LogP contribution in [-0.2, 0) is 19.2 Å². The second kappa shape index (κ2) is 6.64. The summed E-state index contributed by atoms with van der Waals surface area (Å²) in [5.41, 5.74) is 1.17. The van der Waals surface area contributed by atoms with Gasteiger partial charge in [-0.15, -0.1) is 0 Å². The third kappa shape index (κ3) is 2.98. The van der Waals surface area contributed by atoms with Crippen molar-refractivity contribution in [3.05, 3.63) is 35.5 Å². The first kappa shape index (κ1) is 16.1. The topological polar surface area (TPSA) is 80.3 Å². The summed E-state index contributed by atoms with van der Waals surface area (Å²) in [6.45, 7) is 3.62. The van der Waals surface area contributed by atoms with Crippen LogP contribution in [-0.4, -0.2) is 23.4 Å². The number of carbonyl (C=O) groups is 4. The van der Waals surface area contributed by atoms with Gasteiger partial charge >= 0.3 is 0 Å². The Morgan fingerprint density at radius 2 is 1.86 bits per heavy atom. The zero-order valence-electron chi connectivity index (χ0n) is 12.7. The molecule has 0 bridgehead atoms. The summed E-state index contributed by atoms with van der Waals surface area (Å²) in [7, 11) is 0. The average molecular weight is 301 g/mol. The Morgan fingerprint density at radius 1 is 1.14 bits per heavy atom. The van der Waals surface area contributed by atoms with Crippen LogP contribution in [0.5, 0.6) is 0 Å². The highest BCUT2D eigenvalue weighted by Gasteiger charge is 2.45. The Hall–Kier alpha value is -2.30. The second-order valence-electron chi connectivity index (χ2n) is 5.46. The predicted molar refractivity (Wildman–Crippen MR) is 80.6 cm³/mol. The summed E-state index contributed by atoms with van der Waals surface area (Å²) >= 11 is 0. The van der Waals surface area contributed by atoms with Gasteiger partial charge in [-0.2, -0.15) is 0 Å². The highest BCUT2D eigenvalue weighted by Crippen LogP contribution is 2.34. The van der Waals surface area contributed by atoms with Crippen LogP contribution in [0.2, 0.25) is 0 Å². The van der Waals surface area contributed by atoms with Gasteiger partial charge in [0.1, 0.15) is 5.78 Å². The maximum absolute atomic E-state index is 12.7. The first-order valence-electron chi connectivity index (χ1n) is 7.38. The molecule has 116 valence electrons. The van der Waals surface area contributed by atoms with Crippen LogP contribution >= 0.6 is 0 Å². The molecule has 1 aliphatic heterocycles. The van der Waals surface area contributed by atoms with Crippen LogP contribution in [0, 0.1) is 11.8 Å². The van der Waals surface area contributed by atoms with E-state index in [9.17, 15) is 19.2 Å². The Labute approximate surface area is 129 Å². The average Bonchev–Trinajstić information content (AvgIpc) is 2.48. The van der Waals surface area contributed by atoms with E-state index >= 15 is 0 Å². The number of Topliss-reactive ketones (excluding diaryl/α,β-unsaturated/α-hetero) is 2. The molecule has 1 saturated heterocycles. The van der Waals surface area contributed by atoms with Crippen LogP contribution in [0.3, 0.4) is 0 Å². The number of imide groups is 1. The van der Waals surface area contributed by atoms with Crippen molar-refractivity contribution in [2.24, 2.45) is 11.8 Å². The fourth-order valence-electron chi connectivity index (χ4n) is 2.94. The van der Waals surface area contributed by atoms with Gasteiger partial charge in [0.05, 0.1) is 11.8 Å². The maximum Gasteiger partial charge on any atom is 0.230 e. The summed E-state index contributed by atoms with van der Waals surface area (Å²) in [6.07, 6.45) is 7.54. The predicted octanol–water partition coefficient (Wildman–Crippen LogP) is 1.65. The molecule has 2 fully saturated rings. The number of piperidine rings is 1. The minimum atomic E-state index is -0.978. The standard InChI is InChI=1S/C17H19NO4/c1-3-5-6-11-10(4-2)9-13(19)15(16(11)21)12-7-8-14(20)18-17(12)22/h3-6,12,15H,7-9H2,1-2H3,(H,18,20,22)/b5-3-,10-4-,11-6+. The smallest absolute Gasteiger partial charge is 0.230 e. The molecule has 2 aliphatic rings. The molecule has 2 unspecified atom stereocenters. The molecule has 0 aromatic heterocycles. The number of nitrogens with one attached hydrogen (secondary N) is 1. The molecule has 22 heavy (non-hydrogen) atoms. The quantitative estimate of drug-likeness (QED) is 0.478. The van der Waals surface area contributed by atoms with Gasteiger partial charge in [0.25, 0.3) is 0 Å². The van der Waals surface area contributed by atoms with Crippen LogP contribution in [0.4, 0.5) is 0 Å². The van der Waals surface area contributed by atoms with Gasteiger partial charge in [-0.05, 0) is 25.8 Å². The molecular weight excluding hydrogens is 282 g/mol. The monoisotopic (exact) mass is 301 g/mol. The Kier molecular flexibility index (Phi) is 4.85. The molecule has 1 heterocycles. The minimum Gasteiger partial charge on any atom is -0.298 e. The number of hydrogen-bond donors (Lipinski definition) is 1. The van der Waals surface area contributed by atoms with Gasteiger partial charge < -0.3 is 0 Å². The van der Waals surface area contributed by atoms with Crippen molar-refractivity contribution in [1.29, 1.82) is 0 Å². The fraction of sp³-hybridized carbons (Fsp3) is 0.412. The van der Waals surface area contributed by atoms with E-state index in [-0.39, 0.29) is 36.7 Å². The Bertz CT molecular complexity index is 625. The lowest BCUT2D eigenvalue weighted by Crippen LogP contribution is -2.49. The zero-order chi connectivity index (χ0) is 16.3. The molecule has 2 amide bonds. The molecule has 0 aromatic carbocycles. The van der Waals surface area contributed by atoms with E-state index in [1.165, 1.54) is 0 Å². The summed E-state index contributed by atoms with van der Waals surface area (Å²) in [5.74, 6) is -3.16. The van der Waals surface area contributed by atoms with Crippen molar-refractivity contribution in [3.63, 3.8) is 0 Å². The molecule has 5 nitrogen and oxygen atoms in total. The zero-order valence-corrected chi connectivity index (χ0v) is 12.7. The summed E-state index contributed by atoms with van der Waals surface area (Å²) < 4.78 is 0. The normalized spacial score (nSPS) is 30.5. The second-order valence-corrected chi connectivity index (χ2v) is 5.46. The first-order chi connectivity index (χ1) is 10.5. The van der Waals surface area contributed by atoms with E-state index in [1.807, 2.05) is 6.92 Å². The number of rotatable bonds is 2. The van der Waals surface area contributed by atoms with Gasteiger partial charge in [0, 0.05) is 18.4 Å². The van der Waals surface area contributed by atoms with Crippen molar-refractivity contribution in [1.82, 2.24) is 5.32 Å². The van der Waals surface area contributed by atoms with Crippen LogP contribution in [0.1, 0.15) is 33.1 Å². The number of carbonyl (C=O) groups excluding carboxylic acids is 4. The van der Waals surface area contributed by atoms with Gasteiger partial charge in [-0.3, -0.25) is 24.5 Å². The van der Waals surface area contributed by atoms with Crippen molar-refractivity contribution >= 4 is 23.4 Å². The Morgan fingerprint density at radius 3 is 2.45 bits per heavy atom. The summed E-state index contributed by atoms with van der Waals surface area (Å²) in [6, 6.07) is 0. The molecule has 2 atom stereocenters. The lowest BCUT2D eigenvalue weighted by atomic mass is 9.71. The van der Waals surface area contributed by atoms with E-state index in [4.69, 9.17) is 0 Å². The number of amides is 2. The minimum absolute atomic E-state index is 0.147. The molecule has 0 radical (unpaired) electrons. The van der Waals surface area contributed by atoms with Crippen molar-refractivity contribution in [2.75, 3.05) is 0 Å². The highest BCUT2D eigenvalue weighted by molar-refractivity contribution is 6.19. The number of hydrogen-bond acceptors (Lipinski definition) is 4. The molecule has 1 N–H and O–H groups in total. The summed E-state index contributed by atoms with van der Waals surface area (Å²) in [5, 5.41) is 2.22. The van der Waals surface area contributed by atoms with Gasteiger partial charge in [0.2, 0.25) is 11.8 Å². The molecule has 1 aliphatic carbocycles. The van der Waals surface area contributed by atoms with E-state index in [2.05, 4.69) is 5.32 Å². The molecule has 5 heteroatoms. The maximum atomic E-state index is 12.7. The van der Waals surface area contributed by atoms with E-state index in [1.54, 1.807) is 31.2 Å². The largest absolute Gasteiger partial charge is 0.298 e. The van der Waals surface area contributed by atoms with E-state index in [0.29, 0.717) is 11.1 Å². The lowest BCUT2D eigenvalue weighted by Gasteiger charge is -2.31. The molecule has 2 rings (SSSR count). The van der Waals surface area contributed by atoms with Crippen molar-refractivity contribution in [2.45, 2.75) is 33.1 Å². The van der Waals surface area contributed by atoms with Gasteiger partial charge in [-0.1, -0.05) is 24.3 Å². The summed E-state index contributed by atoms with van der Waals surface area (Å²) in [4.78, 5) is 48.3. The lowest BCUT2D eigenvalue weighted by molar-refractivity contribution is -0.145. The molecule has 0 spiro atoms. The fourth-order valence-corrected chi connectivity index (χ4v) is 2.94. The van der Waals surface area contributed by atoms with Crippen molar-refractivity contribution < 1.29 is 19.2 Å². The third-order valence-electron chi connectivity index (χ3n) is 4.09. The first-order valence-corrected chi connectivity index (χ1v) is 7.38. The highest BCUT2D eigenvalue weighted by atomic mass is 16.2. The van der Waals surface area contributed by atoms with Crippen molar-refractivity contribution in [3.8, 4) is 0 Å². The molecule has 1 saturated carbocycles. The van der Waals surface area contributed by atoms with Crippen LogP contribution in [0.15, 0.2) is 35.5 Å².